The lowest BCUT2D eigenvalue weighted by molar-refractivity contribution is -0.384. The van der Waals surface area contributed by atoms with Crippen LogP contribution < -0.4 is 10.6 Å². The van der Waals surface area contributed by atoms with E-state index >= 15 is 0 Å². The Morgan fingerprint density at radius 1 is 1.18 bits per heavy atom. The third kappa shape index (κ3) is 4.58. The number of amides is 2. The molecule has 5 rings (SSSR count). The van der Waals surface area contributed by atoms with Gasteiger partial charge in [0.2, 0.25) is 5.91 Å². The molecule has 34 heavy (non-hydrogen) atoms. The maximum atomic E-state index is 13.1. The molecule has 0 radical (unpaired) electrons. The monoisotopic (exact) mass is 483 g/mol. The molecule has 4 saturated carbocycles. The molecule has 2 N–H and O–H groups in total. The fraction of sp³-hybridized carbons (Fsp3) is 0.591. The van der Waals surface area contributed by atoms with E-state index in [1.165, 1.54) is 6.92 Å². The van der Waals surface area contributed by atoms with Crippen LogP contribution in [0.1, 0.15) is 51.0 Å². The second kappa shape index (κ2) is 8.24. The number of benzene rings is 1. The van der Waals surface area contributed by atoms with E-state index in [1.807, 2.05) is 0 Å². The SMILES string of the molecule is CC(=O)NC12CC3CC(C1)CC(C(=O)OCC(=O)Nc1ccc(C(F)(F)F)cc1[N+](=O)[O-])(C3)C2. The minimum absolute atomic E-state index is 0.164. The summed E-state index contributed by atoms with van der Waals surface area (Å²) in [7, 11) is 0. The number of halogens is 3. The quantitative estimate of drug-likeness (QED) is 0.362. The van der Waals surface area contributed by atoms with Crippen molar-refractivity contribution in [1.29, 1.82) is 0 Å². The molecule has 4 aliphatic carbocycles. The Bertz CT molecular complexity index is 1040. The molecular weight excluding hydrogens is 459 g/mol. The van der Waals surface area contributed by atoms with Crippen molar-refractivity contribution < 1.29 is 37.2 Å². The highest BCUT2D eigenvalue weighted by Crippen LogP contribution is 2.62. The molecule has 2 amide bonds. The van der Waals surface area contributed by atoms with Crippen LogP contribution in [-0.2, 0) is 25.3 Å². The highest BCUT2D eigenvalue weighted by atomic mass is 19.4. The summed E-state index contributed by atoms with van der Waals surface area (Å²) in [6.07, 6.45) is -0.557. The van der Waals surface area contributed by atoms with Gasteiger partial charge in [0, 0.05) is 18.5 Å². The van der Waals surface area contributed by atoms with E-state index in [9.17, 15) is 37.7 Å². The number of nitrogens with one attached hydrogen (secondary N) is 2. The predicted molar refractivity (Wildman–Crippen MR) is 111 cm³/mol. The van der Waals surface area contributed by atoms with E-state index < -0.39 is 57.5 Å². The number of hydrogen-bond donors (Lipinski definition) is 2. The number of hydrogen-bond acceptors (Lipinski definition) is 6. The van der Waals surface area contributed by atoms with E-state index in [-0.39, 0.29) is 17.7 Å². The second-order valence-electron chi connectivity index (χ2n) is 9.81. The minimum Gasteiger partial charge on any atom is -0.455 e. The van der Waals surface area contributed by atoms with Crippen LogP contribution in [0.15, 0.2) is 18.2 Å². The molecule has 2 atom stereocenters. The largest absolute Gasteiger partial charge is 0.455 e. The maximum Gasteiger partial charge on any atom is 0.416 e. The zero-order valence-electron chi connectivity index (χ0n) is 18.4. The number of esters is 1. The Morgan fingerprint density at radius 2 is 1.82 bits per heavy atom. The van der Waals surface area contributed by atoms with Crippen LogP contribution in [0.2, 0.25) is 0 Å². The van der Waals surface area contributed by atoms with Crippen molar-refractivity contribution in [2.75, 3.05) is 11.9 Å². The summed E-state index contributed by atoms with van der Waals surface area (Å²) in [5.41, 5.74) is -3.85. The fourth-order valence-corrected chi connectivity index (χ4v) is 6.46. The fourth-order valence-electron chi connectivity index (χ4n) is 6.46. The molecule has 184 valence electrons. The Kier molecular flexibility index (Phi) is 5.81. The molecule has 2 unspecified atom stereocenters. The zero-order valence-corrected chi connectivity index (χ0v) is 18.4. The molecule has 1 aromatic carbocycles. The lowest BCUT2D eigenvalue weighted by atomic mass is 9.47. The molecule has 4 fully saturated rings. The van der Waals surface area contributed by atoms with Gasteiger partial charge in [0.1, 0.15) is 5.69 Å². The van der Waals surface area contributed by atoms with Gasteiger partial charge in [-0.15, -0.1) is 0 Å². The van der Waals surface area contributed by atoms with Crippen molar-refractivity contribution in [3.63, 3.8) is 0 Å². The van der Waals surface area contributed by atoms with Gasteiger partial charge in [0.25, 0.3) is 11.6 Å². The van der Waals surface area contributed by atoms with Crippen molar-refractivity contribution in [3.05, 3.63) is 33.9 Å². The number of ether oxygens (including phenoxy) is 1. The van der Waals surface area contributed by atoms with E-state index in [0.29, 0.717) is 31.4 Å². The summed E-state index contributed by atoms with van der Waals surface area (Å²) in [6.45, 7) is 0.704. The van der Waals surface area contributed by atoms with E-state index in [1.54, 1.807) is 0 Å². The minimum atomic E-state index is -4.78. The second-order valence-corrected chi connectivity index (χ2v) is 9.81. The smallest absolute Gasteiger partial charge is 0.416 e. The molecule has 4 aliphatic rings. The highest BCUT2D eigenvalue weighted by Gasteiger charge is 2.61. The number of carbonyl (C=O) groups excluding carboxylic acids is 3. The third-order valence-electron chi connectivity index (χ3n) is 7.07. The van der Waals surface area contributed by atoms with Crippen LogP contribution in [0.3, 0.4) is 0 Å². The molecule has 1 aromatic rings. The first-order valence-corrected chi connectivity index (χ1v) is 10.9. The molecular formula is C22H24F3N3O6. The molecule has 0 spiro atoms. The number of carbonyl (C=O) groups is 3. The highest BCUT2D eigenvalue weighted by molar-refractivity contribution is 5.95. The van der Waals surface area contributed by atoms with Crippen molar-refractivity contribution in [2.24, 2.45) is 17.3 Å². The summed E-state index contributed by atoms with van der Waals surface area (Å²) >= 11 is 0. The predicted octanol–water partition coefficient (Wildman–Crippen LogP) is 3.57. The Balaban J connectivity index is 1.42. The van der Waals surface area contributed by atoms with Crippen molar-refractivity contribution in [3.8, 4) is 0 Å². The van der Waals surface area contributed by atoms with Crippen molar-refractivity contribution >= 4 is 29.2 Å². The van der Waals surface area contributed by atoms with Crippen LogP contribution in [0.5, 0.6) is 0 Å². The van der Waals surface area contributed by atoms with Crippen molar-refractivity contribution in [2.45, 2.75) is 57.2 Å². The molecule has 0 saturated heterocycles. The summed E-state index contributed by atoms with van der Waals surface area (Å²) in [4.78, 5) is 47.3. The van der Waals surface area contributed by atoms with Gasteiger partial charge in [-0.3, -0.25) is 24.5 Å². The maximum absolute atomic E-state index is 13.1. The van der Waals surface area contributed by atoms with E-state index in [2.05, 4.69) is 10.6 Å². The lowest BCUT2D eigenvalue weighted by Gasteiger charge is -2.60. The summed E-state index contributed by atoms with van der Waals surface area (Å²) in [5.74, 6) is -1.09. The summed E-state index contributed by atoms with van der Waals surface area (Å²) < 4.78 is 43.8. The third-order valence-corrected chi connectivity index (χ3v) is 7.07. The van der Waals surface area contributed by atoms with E-state index in [4.69, 9.17) is 4.74 Å². The normalized spacial score (nSPS) is 29.4. The molecule has 12 heteroatoms. The number of nitrogens with zero attached hydrogens (tertiary/aromatic N) is 1. The molecule has 9 nitrogen and oxygen atoms in total. The topological polar surface area (TPSA) is 128 Å². The van der Waals surface area contributed by atoms with Crippen LogP contribution >= 0.6 is 0 Å². The van der Waals surface area contributed by atoms with Crippen LogP contribution in [-0.4, -0.2) is 34.9 Å². The van der Waals surface area contributed by atoms with Gasteiger partial charge in [-0.2, -0.15) is 13.2 Å². The molecule has 0 aliphatic heterocycles. The molecule has 4 bridgehead atoms. The van der Waals surface area contributed by atoms with Gasteiger partial charge >= 0.3 is 12.1 Å². The number of nitro groups is 1. The molecule has 0 aromatic heterocycles. The van der Waals surface area contributed by atoms with Gasteiger partial charge in [-0.25, -0.2) is 0 Å². The standard InChI is InChI=1S/C22H24F3N3O6/c1-12(29)27-21-8-13-4-14(9-21)7-20(6-13,11-21)19(31)34-10-18(30)26-16-3-2-15(22(23,24)25)5-17(16)28(32)33/h2-3,5,13-14H,4,6-11H2,1H3,(H,26,30)(H,27,29). The molecule has 0 heterocycles. The number of anilines is 1. The van der Waals surface area contributed by atoms with Gasteiger partial charge in [0.05, 0.1) is 15.9 Å². The van der Waals surface area contributed by atoms with Gasteiger partial charge < -0.3 is 15.4 Å². The van der Waals surface area contributed by atoms with Crippen LogP contribution in [0.4, 0.5) is 24.5 Å². The lowest BCUT2D eigenvalue weighted by Crippen LogP contribution is -2.64. The first kappa shape index (κ1) is 24.0. The summed E-state index contributed by atoms with van der Waals surface area (Å²) in [6, 6.07) is 1.74. The zero-order chi connectivity index (χ0) is 24.9. The Labute approximate surface area is 192 Å². The van der Waals surface area contributed by atoms with Crippen LogP contribution in [0, 0.1) is 27.4 Å². The Morgan fingerprint density at radius 3 is 2.38 bits per heavy atom. The average Bonchev–Trinajstić information content (AvgIpc) is 2.69. The summed E-state index contributed by atoms with van der Waals surface area (Å²) in [5, 5.41) is 16.4. The van der Waals surface area contributed by atoms with Gasteiger partial charge in [0.15, 0.2) is 6.61 Å². The number of nitro benzene ring substituents is 1. The number of alkyl halides is 3. The van der Waals surface area contributed by atoms with Gasteiger partial charge in [-0.1, -0.05) is 0 Å². The van der Waals surface area contributed by atoms with Crippen LogP contribution in [0.25, 0.3) is 0 Å². The Hall–Kier alpha value is -3.18. The van der Waals surface area contributed by atoms with Crippen molar-refractivity contribution in [1.82, 2.24) is 5.32 Å². The van der Waals surface area contributed by atoms with E-state index in [0.717, 1.165) is 25.3 Å². The average molecular weight is 483 g/mol. The first-order chi connectivity index (χ1) is 15.8. The first-order valence-electron chi connectivity index (χ1n) is 10.9. The number of rotatable bonds is 6. The van der Waals surface area contributed by atoms with Gasteiger partial charge in [-0.05, 0) is 62.5 Å².